The summed E-state index contributed by atoms with van der Waals surface area (Å²) in [5, 5.41) is 9.01. The number of nitrogens with zero attached hydrogens (tertiary/aromatic N) is 3. The number of benzene rings is 3. The van der Waals surface area contributed by atoms with Crippen LogP contribution >= 0.6 is 7.26 Å². The van der Waals surface area contributed by atoms with E-state index in [0.29, 0.717) is 0 Å². The first-order valence-corrected chi connectivity index (χ1v) is 12.5. The van der Waals surface area contributed by atoms with E-state index in [1.807, 2.05) is 4.52 Å². The predicted octanol–water partition coefficient (Wildman–Crippen LogP) is 1.84. The van der Waals surface area contributed by atoms with Crippen molar-refractivity contribution in [2.24, 2.45) is 0 Å². The first kappa shape index (κ1) is 22.2. The van der Waals surface area contributed by atoms with Gasteiger partial charge in [-0.25, -0.2) is 9.50 Å². The predicted molar refractivity (Wildman–Crippen MR) is 131 cm³/mol. The molecular formula is C27H25ClN3P. The number of fused-ring (bicyclic) bond motifs is 1. The van der Waals surface area contributed by atoms with Crippen LogP contribution in [0.5, 0.6) is 0 Å². The normalized spacial score (nSPS) is 11.3. The van der Waals surface area contributed by atoms with Gasteiger partial charge in [-0.15, -0.1) is 5.10 Å². The molecule has 5 aromatic rings. The Morgan fingerprint density at radius 2 is 1.12 bits per heavy atom. The Hall–Kier alpha value is -3.00. The van der Waals surface area contributed by atoms with Crippen LogP contribution in [0.3, 0.4) is 0 Å². The highest BCUT2D eigenvalue weighted by molar-refractivity contribution is 7.95. The molecule has 0 spiro atoms. The van der Waals surface area contributed by atoms with E-state index in [-0.39, 0.29) is 12.4 Å². The van der Waals surface area contributed by atoms with Crippen molar-refractivity contribution >= 4 is 28.8 Å². The fourth-order valence-corrected chi connectivity index (χ4v) is 8.34. The summed E-state index contributed by atoms with van der Waals surface area (Å²) in [6, 6.07) is 36.9. The highest BCUT2D eigenvalue weighted by Gasteiger charge is 2.46. The highest BCUT2D eigenvalue weighted by atomic mass is 35.5. The Morgan fingerprint density at radius 1 is 0.656 bits per heavy atom. The second-order valence-corrected chi connectivity index (χ2v) is 11.4. The van der Waals surface area contributed by atoms with Crippen molar-refractivity contribution < 1.29 is 12.4 Å². The topological polar surface area (TPSA) is 30.2 Å². The van der Waals surface area contributed by atoms with Gasteiger partial charge in [0.2, 0.25) is 0 Å². The summed E-state index contributed by atoms with van der Waals surface area (Å²) in [5.74, 6) is 0.891. The lowest BCUT2D eigenvalue weighted by Gasteiger charge is -2.26. The third-order valence-electron chi connectivity index (χ3n) is 5.88. The van der Waals surface area contributed by atoms with Gasteiger partial charge in [-0.05, 0) is 61.9 Å². The lowest BCUT2D eigenvalue weighted by molar-refractivity contribution is -0.00000640. The zero-order chi connectivity index (χ0) is 21.3. The summed E-state index contributed by atoms with van der Waals surface area (Å²) in [5.41, 5.74) is 3.19. The zero-order valence-corrected chi connectivity index (χ0v) is 19.8. The van der Waals surface area contributed by atoms with Gasteiger partial charge in [-0.1, -0.05) is 60.7 Å². The maximum absolute atomic E-state index is 5.01. The minimum absolute atomic E-state index is 0. The van der Waals surface area contributed by atoms with Gasteiger partial charge < -0.3 is 12.4 Å². The molecule has 0 aliphatic heterocycles. The number of pyridine rings is 1. The first-order chi connectivity index (χ1) is 15.2. The molecule has 0 unspecified atom stereocenters. The molecule has 0 radical (unpaired) electrons. The van der Waals surface area contributed by atoms with Crippen LogP contribution in [0.1, 0.15) is 17.1 Å². The maximum atomic E-state index is 5.01. The van der Waals surface area contributed by atoms with Crippen molar-refractivity contribution in [3.8, 4) is 0 Å². The number of aromatic nitrogens is 3. The summed E-state index contributed by atoms with van der Waals surface area (Å²) in [6.45, 7) is 4.18. The third-order valence-corrected chi connectivity index (χ3v) is 10.2. The largest absolute Gasteiger partial charge is 1.00 e. The second-order valence-electron chi connectivity index (χ2n) is 7.90. The van der Waals surface area contributed by atoms with Gasteiger partial charge in [0.15, 0.2) is 11.5 Å². The number of aryl methyl sites for hydroxylation is 2. The number of hydrogen-bond acceptors (Lipinski definition) is 2. The molecule has 0 saturated carbocycles. The lowest BCUT2D eigenvalue weighted by atomic mass is 10.3. The Bertz CT molecular complexity index is 1180. The summed E-state index contributed by atoms with van der Waals surface area (Å²) < 4.78 is 1.99. The third kappa shape index (κ3) is 3.83. The van der Waals surface area contributed by atoms with Crippen molar-refractivity contribution in [2.75, 3.05) is 0 Å². The monoisotopic (exact) mass is 457 g/mol. The minimum atomic E-state index is -2.00. The van der Waals surface area contributed by atoms with E-state index in [0.717, 1.165) is 28.9 Å². The molecule has 2 heterocycles. The first-order valence-electron chi connectivity index (χ1n) is 10.6. The second kappa shape index (κ2) is 9.24. The number of hydrogen-bond donors (Lipinski definition) is 0. The molecule has 0 saturated heterocycles. The molecule has 0 bridgehead atoms. The van der Waals surface area contributed by atoms with Gasteiger partial charge in [0.25, 0.3) is 0 Å². The van der Waals surface area contributed by atoms with Gasteiger partial charge in [0.05, 0.1) is 0 Å². The molecule has 160 valence electrons. The highest BCUT2D eigenvalue weighted by Crippen LogP contribution is 2.57. The van der Waals surface area contributed by atoms with Crippen molar-refractivity contribution in [1.29, 1.82) is 0 Å². The van der Waals surface area contributed by atoms with Crippen molar-refractivity contribution in [3.63, 3.8) is 0 Å². The van der Waals surface area contributed by atoms with E-state index < -0.39 is 7.26 Å². The fraction of sp³-hybridized carbons (Fsp3) is 0.111. The minimum Gasteiger partial charge on any atom is -1.00 e. The molecule has 32 heavy (non-hydrogen) atoms. The van der Waals surface area contributed by atoms with E-state index >= 15 is 0 Å². The summed E-state index contributed by atoms with van der Waals surface area (Å²) in [6.07, 6.45) is 0.783. The van der Waals surface area contributed by atoms with Crippen molar-refractivity contribution in [1.82, 2.24) is 14.6 Å². The summed E-state index contributed by atoms with van der Waals surface area (Å²) >= 11 is 0. The molecule has 5 rings (SSSR count). The fourth-order valence-electron chi connectivity index (χ4n) is 4.29. The summed E-state index contributed by atoms with van der Waals surface area (Å²) in [4.78, 5) is 5.01. The van der Waals surface area contributed by atoms with Gasteiger partial charge in [0, 0.05) is 5.69 Å². The summed E-state index contributed by atoms with van der Waals surface area (Å²) in [7, 11) is -2.00. The Balaban J connectivity index is 0.00000245. The average molecular weight is 458 g/mol. The Morgan fingerprint density at radius 3 is 1.56 bits per heavy atom. The van der Waals surface area contributed by atoms with Gasteiger partial charge in [0.1, 0.15) is 29.3 Å². The van der Waals surface area contributed by atoms with Crippen molar-refractivity contribution in [3.05, 3.63) is 120 Å². The molecule has 0 fully saturated rings. The smallest absolute Gasteiger partial charge is 0.190 e. The molecule has 0 N–H and O–H groups in total. The lowest BCUT2D eigenvalue weighted by Crippen LogP contribution is -3.00. The van der Waals surface area contributed by atoms with Crippen molar-refractivity contribution in [2.45, 2.75) is 20.0 Å². The van der Waals surface area contributed by atoms with Crippen LogP contribution < -0.4 is 28.3 Å². The molecular weight excluding hydrogens is 433 g/mol. The zero-order valence-electron chi connectivity index (χ0n) is 18.2. The van der Waals surface area contributed by atoms with E-state index in [9.17, 15) is 0 Å². The SMILES string of the molecule is Cc1ccc(C)n2nc(C[P+](c3ccccc3)(c3ccccc3)c3ccccc3)nc12.[Cl-]. The van der Waals surface area contributed by atoms with E-state index in [2.05, 4.69) is 117 Å². The maximum Gasteiger partial charge on any atom is 0.190 e. The Labute approximate surface area is 195 Å². The molecule has 0 aliphatic carbocycles. The van der Waals surface area contributed by atoms with Crippen LogP contribution in [0.4, 0.5) is 0 Å². The molecule has 3 aromatic carbocycles. The molecule has 0 aliphatic rings. The molecule has 0 amide bonds. The molecule has 0 atom stereocenters. The van der Waals surface area contributed by atoms with Crippen LogP contribution in [0.15, 0.2) is 103 Å². The standard InChI is InChI=1S/C27H25N3P.ClH/c1-21-18-19-22(2)30-27(21)28-26(29-30)20-31(23-12-6-3-7-13-23,24-14-8-4-9-15-24)25-16-10-5-11-17-25;/h3-19H,20H2,1-2H3;1H/q+1;/p-1. The average Bonchev–Trinajstić information content (AvgIpc) is 3.27. The number of halogens is 1. The number of rotatable bonds is 5. The quantitative estimate of drug-likeness (QED) is 0.377. The van der Waals surface area contributed by atoms with Gasteiger partial charge >= 0.3 is 0 Å². The van der Waals surface area contributed by atoms with E-state index in [4.69, 9.17) is 10.1 Å². The van der Waals surface area contributed by atoms with Crippen LogP contribution in [-0.4, -0.2) is 14.6 Å². The van der Waals surface area contributed by atoms with Gasteiger partial charge in [-0.2, -0.15) is 0 Å². The van der Waals surface area contributed by atoms with Crippen LogP contribution in [0, 0.1) is 13.8 Å². The van der Waals surface area contributed by atoms with E-state index in [1.165, 1.54) is 15.9 Å². The van der Waals surface area contributed by atoms with Gasteiger partial charge in [-0.3, -0.25) is 0 Å². The van der Waals surface area contributed by atoms with Crippen LogP contribution in [0.2, 0.25) is 0 Å². The molecule has 3 nitrogen and oxygen atoms in total. The van der Waals surface area contributed by atoms with E-state index in [1.54, 1.807) is 0 Å². The van der Waals surface area contributed by atoms with Crippen LogP contribution in [0.25, 0.3) is 5.65 Å². The Kier molecular flexibility index (Phi) is 6.41. The molecule has 5 heteroatoms. The molecule has 2 aromatic heterocycles. The van der Waals surface area contributed by atoms with Crippen LogP contribution in [-0.2, 0) is 6.16 Å².